The van der Waals surface area contributed by atoms with E-state index in [4.69, 9.17) is 24.3 Å². The molecule has 0 aromatic carbocycles. The SMILES string of the molecule is CC/C=C\C/C=C\C/C=C\C/C=C\C/C=C\C/C=C\C/C=C\C/C=C\C/C=C\CCCCCCCC(=O)OC(COC(=O)CCCCCCCCCCCCCCCCCCCC/C=C\C/C=C\C/C=C\C/C=C\CC)COP(=O)(O)OCCN. The van der Waals surface area contributed by atoms with Gasteiger partial charge in [-0.2, -0.15) is 0 Å². The zero-order valence-electron chi connectivity index (χ0n) is 54.0. The summed E-state index contributed by atoms with van der Waals surface area (Å²) in [6.45, 7) is 3.50. The van der Waals surface area contributed by atoms with Crippen molar-refractivity contribution in [3.8, 4) is 0 Å². The van der Waals surface area contributed by atoms with Gasteiger partial charge in [-0.15, -0.1) is 0 Å². The van der Waals surface area contributed by atoms with Crippen LogP contribution >= 0.6 is 7.82 Å². The van der Waals surface area contributed by atoms with Gasteiger partial charge in [-0.3, -0.25) is 18.6 Å². The molecule has 0 aliphatic rings. The van der Waals surface area contributed by atoms with Crippen molar-refractivity contribution in [3.05, 3.63) is 158 Å². The standard InChI is InChI=1S/C75H124NO8P/c1-3-5-7-9-11-13-15-17-19-21-23-25-27-29-31-33-35-36-38-40-42-44-46-48-50-52-54-56-58-60-62-64-66-68-75(78)84-73(72-83-85(79,80)82-70-69-76)71-81-74(77)67-65-63-61-59-57-55-53-51-49-47-45-43-41-39-37-34-32-30-28-26-24-22-20-18-16-14-12-10-8-6-4-2/h5-8,11-14,17-20,23-26,29,31,35-36,40,42,46,48,52,54,73H,3-4,9-10,15-16,21-22,27-28,30,32-34,37-39,41,43-45,47,49-51,53,55-72,76H2,1-2H3,(H,79,80)/b7-5-,8-6-,13-11-,14-12-,19-17-,20-18-,25-23-,26-24-,31-29-,36-35-,42-40-,48-46-,54-52-. The molecular weight excluding hydrogens is 1070 g/mol. The Kier molecular flexibility index (Phi) is 65.2. The summed E-state index contributed by atoms with van der Waals surface area (Å²) in [5.41, 5.74) is 5.40. The van der Waals surface area contributed by atoms with E-state index in [9.17, 15) is 19.0 Å². The van der Waals surface area contributed by atoms with Gasteiger partial charge in [-0.25, -0.2) is 4.57 Å². The number of hydrogen-bond donors (Lipinski definition) is 2. The van der Waals surface area contributed by atoms with Crippen molar-refractivity contribution in [3.63, 3.8) is 0 Å². The molecule has 3 N–H and O–H groups in total. The minimum Gasteiger partial charge on any atom is -0.462 e. The smallest absolute Gasteiger partial charge is 0.462 e. The molecule has 2 atom stereocenters. The van der Waals surface area contributed by atoms with Gasteiger partial charge in [0.1, 0.15) is 6.61 Å². The lowest BCUT2D eigenvalue weighted by Gasteiger charge is -2.19. The second-order valence-electron chi connectivity index (χ2n) is 21.9. The summed E-state index contributed by atoms with van der Waals surface area (Å²) in [6, 6.07) is 0. The average molecular weight is 1200 g/mol. The van der Waals surface area contributed by atoms with Crippen LogP contribution in [0.5, 0.6) is 0 Å². The number of phosphoric ester groups is 1. The van der Waals surface area contributed by atoms with Gasteiger partial charge in [0, 0.05) is 19.4 Å². The van der Waals surface area contributed by atoms with Crippen LogP contribution in [-0.2, 0) is 32.7 Å². The van der Waals surface area contributed by atoms with Crippen molar-refractivity contribution in [2.24, 2.45) is 5.73 Å². The monoisotopic (exact) mass is 1200 g/mol. The average Bonchev–Trinajstić information content (AvgIpc) is 3.52. The van der Waals surface area contributed by atoms with E-state index < -0.39 is 26.5 Å². The van der Waals surface area contributed by atoms with E-state index in [-0.39, 0.29) is 38.6 Å². The van der Waals surface area contributed by atoms with E-state index in [1.165, 1.54) is 103 Å². The molecule has 0 bridgehead atoms. The molecule has 0 amide bonds. The Hall–Kier alpha value is -4.37. The molecule has 0 saturated carbocycles. The normalized spacial score (nSPS) is 14.0. The van der Waals surface area contributed by atoms with E-state index >= 15 is 0 Å². The number of phosphoric acid groups is 1. The summed E-state index contributed by atoms with van der Waals surface area (Å²) in [6.07, 6.45) is 100. The van der Waals surface area contributed by atoms with Crippen LogP contribution in [0, 0.1) is 0 Å². The maximum absolute atomic E-state index is 12.8. The van der Waals surface area contributed by atoms with Crippen LogP contribution in [0.4, 0.5) is 0 Å². The highest BCUT2D eigenvalue weighted by molar-refractivity contribution is 7.47. The summed E-state index contributed by atoms with van der Waals surface area (Å²) in [5.74, 6) is -0.854. The lowest BCUT2D eigenvalue weighted by atomic mass is 10.0. The van der Waals surface area contributed by atoms with Crippen molar-refractivity contribution in [1.82, 2.24) is 0 Å². The molecule has 0 saturated heterocycles. The number of allylic oxidation sites excluding steroid dienone is 26. The Morgan fingerprint density at radius 1 is 0.353 bits per heavy atom. The van der Waals surface area contributed by atoms with Gasteiger partial charge in [0.15, 0.2) is 6.10 Å². The van der Waals surface area contributed by atoms with E-state index in [0.29, 0.717) is 6.42 Å². The number of carbonyl (C=O) groups excluding carboxylic acids is 2. The highest BCUT2D eigenvalue weighted by Gasteiger charge is 2.26. The Morgan fingerprint density at radius 2 is 0.612 bits per heavy atom. The summed E-state index contributed by atoms with van der Waals surface area (Å²) in [7, 11) is -4.41. The number of hydrogen-bond acceptors (Lipinski definition) is 8. The minimum absolute atomic E-state index is 0.0427. The number of nitrogens with two attached hydrogens (primary N) is 1. The van der Waals surface area contributed by atoms with Crippen molar-refractivity contribution >= 4 is 19.8 Å². The number of rotatable bonds is 62. The van der Waals surface area contributed by atoms with Crippen molar-refractivity contribution < 1.29 is 37.6 Å². The van der Waals surface area contributed by atoms with Gasteiger partial charge in [0.25, 0.3) is 0 Å². The third kappa shape index (κ3) is 68.6. The molecule has 0 rings (SSSR count). The van der Waals surface area contributed by atoms with Crippen LogP contribution < -0.4 is 5.73 Å². The maximum atomic E-state index is 12.8. The molecule has 0 fully saturated rings. The van der Waals surface area contributed by atoms with E-state index in [1.807, 2.05) is 0 Å². The molecule has 0 radical (unpaired) electrons. The highest BCUT2D eigenvalue weighted by atomic mass is 31.2. The zero-order valence-corrected chi connectivity index (χ0v) is 54.9. The van der Waals surface area contributed by atoms with Gasteiger partial charge >= 0.3 is 19.8 Å². The Balaban J connectivity index is 3.99. The quantitative estimate of drug-likeness (QED) is 0.0264. The van der Waals surface area contributed by atoms with Crippen LogP contribution in [0.25, 0.3) is 0 Å². The lowest BCUT2D eigenvalue weighted by molar-refractivity contribution is -0.161. The Morgan fingerprint density at radius 3 is 0.906 bits per heavy atom. The van der Waals surface area contributed by atoms with Gasteiger partial charge in [0.05, 0.1) is 13.2 Å². The number of unbranched alkanes of at least 4 members (excludes halogenated alkanes) is 23. The first kappa shape index (κ1) is 80.6. The topological polar surface area (TPSA) is 134 Å². The largest absolute Gasteiger partial charge is 0.472 e. The second kappa shape index (κ2) is 68.7. The van der Waals surface area contributed by atoms with Crippen LogP contribution in [0.15, 0.2) is 158 Å². The van der Waals surface area contributed by atoms with Crippen molar-refractivity contribution in [1.29, 1.82) is 0 Å². The molecule has 0 aromatic heterocycles. The molecule has 482 valence electrons. The number of ether oxygens (including phenoxy) is 2. The summed E-state index contributed by atoms with van der Waals surface area (Å²) < 4.78 is 33.1. The van der Waals surface area contributed by atoms with E-state index in [1.54, 1.807) is 0 Å². The fourth-order valence-corrected chi connectivity index (χ4v) is 9.74. The molecule has 9 nitrogen and oxygen atoms in total. The molecule has 0 aromatic rings. The number of esters is 2. The predicted octanol–water partition coefficient (Wildman–Crippen LogP) is 22.4. The maximum Gasteiger partial charge on any atom is 0.472 e. The number of carbonyl (C=O) groups is 2. The molecule has 10 heteroatoms. The first-order valence-electron chi connectivity index (χ1n) is 34.0. The third-order valence-corrected chi connectivity index (χ3v) is 14.9. The van der Waals surface area contributed by atoms with Gasteiger partial charge in [-0.1, -0.05) is 294 Å². The molecule has 0 aliphatic carbocycles. The molecule has 0 spiro atoms. The Labute approximate surface area is 521 Å². The molecule has 85 heavy (non-hydrogen) atoms. The van der Waals surface area contributed by atoms with E-state index in [2.05, 4.69) is 172 Å². The third-order valence-electron chi connectivity index (χ3n) is 13.9. The summed E-state index contributed by atoms with van der Waals surface area (Å²) in [4.78, 5) is 35.3. The predicted molar refractivity (Wildman–Crippen MR) is 366 cm³/mol. The van der Waals surface area contributed by atoms with Crippen LogP contribution in [-0.4, -0.2) is 49.3 Å². The van der Waals surface area contributed by atoms with Crippen LogP contribution in [0.2, 0.25) is 0 Å². The fraction of sp³-hybridized carbons (Fsp3) is 0.627. The van der Waals surface area contributed by atoms with Gasteiger partial charge in [-0.05, 0) is 122 Å². The van der Waals surface area contributed by atoms with Crippen molar-refractivity contribution in [2.45, 2.75) is 277 Å². The highest BCUT2D eigenvalue weighted by Crippen LogP contribution is 2.43. The fourth-order valence-electron chi connectivity index (χ4n) is 8.97. The zero-order chi connectivity index (χ0) is 61.6. The first-order valence-corrected chi connectivity index (χ1v) is 35.5. The Bertz CT molecular complexity index is 1950. The first-order chi connectivity index (χ1) is 41.8. The van der Waals surface area contributed by atoms with Crippen molar-refractivity contribution in [2.75, 3.05) is 26.4 Å². The van der Waals surface area contributed by atoms with Crippen LogP contribution in [0.3, 0.4) is 0 Å². The lowest BCUT2D eigenvalue weighted by Crippen LogP contribution is -2.29. The van der Waals surface area contributed by atoms with Gasteiger partial charge < -0.3 is 20.1 Å². The minimum atomic E-state index is -4.41. The van der Waals surface area contributed by atoms with E-state index in [0.717, 1.165) is 135 Å². The van der Waals surface area contributed by atoms with Crippen LogP contribution in [0.1, 0.15) is 271 Å². The molecule has 0 heterocycles. The second-order valence-corrected chi connectivity index (χ2v) is 23.4. The molecular formula is C75H124NO8P. The summed E-state index contributed by atoms with van der Waals surface area (Å²) >= 11 is 0. The molecule has 0 aliphatic heterocycles. The van der Waals surface area contributed by atoms with Gasteiger partial charge in [0.2, 0.25) is 0 Å². The molecule has 2 unspecified atom stereocenters. The summed E-state index contributed by atoms with van der Waals surface area (Å²) in [5, 5.41) is 0.